The Morgan fingerprint density at radius 2 is 2.19 bits per heavy atom. The zero-order chi connectivity index (χ0) is 14.8. The van der Waals surface area contributed by atoms with Gasteiger partial charge in [-0.3, -0.25) is 4.79 Å². The molecule has 3 rings (SSSR count). The minimum Gasteiger partial charge on any atom is -0.416 e. The first-order valence-corrected chi connectivity index (χ1v) is 8.07. The molecule has 8 heteroatoms. The highest BCUT2D eigenvalue weighted by molar-refractivity contribution is 7.99. The maximum Gasteiger partial charge on any atom is 0.277 e. The van der Waals surface area contributed by atoms with Crippen molar-refractivity contribution in [1.29, 1.82) is 0 Å². The Morgan fingerprint density at radius 3 is 2.95 bits per heavy atom. The van der Waals surface area contributed by atoms with E-state index in [-0.39, 0.29) is 11.7 Å². The molecule has 21 heavy (non-hydrogen) atoms. The van der Waals surface area contributed by atoms with Gasteiger partial charge >= 0.3 is 0 Å². The molecule has 0 saturated heterocycles. The van der Waals surface area contributed by atoms with E-state index in [0.717, 1.165) is 12.8 Å². The normalized spacial score (nSPS) is 14.2. The predicted octanol–water partition coefficient (Wildman–Crippen LogP) is 3.98. The van der Waals surface area contributed by atoms with E-state index < -0.39 is 0 Å². The highest BCUT2D eigenvalue weighted by atomic mass is 35.5. The molecule has 5 nitrogen and oxygen atoms in total. The number of halogens is 2. The number of benzene rings is 1. The molecule has 1 aromatic carbocycles. The average Bonchev–Trinajstić information content (AvgIpc) is 3.21. The number of aromatic nitrogens is 2. The van der Waals surface area contributed by atoms with Crippen molar-refractivity contribution >= 4 is 46.6 Å². The lowest BCUT2D eigenvalue weighted by atomic mass is 10.3. The first-order valence-electron chi connectivity index (χ1n) is 6.33. The number of hydrogen-bond donors (Lipinski definition) is 1. The fourth-order valence-electron chi connectivity index (χ4n) is 1.69. The summed E-state index contributed by atoms with van der Waals surface area (Å²) in [5.41, 5.74) is 0.485. The van der Waals surface area contributed by atoms with E-state index in [4.69, 9.17) is 27.6 Å². The molecule has 0 aliphatic heterocycles. The van der Waals surface area contributed by atoms with Crippen molar-refractivity contribution in [2.75, 3.05) is 11.1 Å². The van der Waals surface area contributed by atoms with Gasteiger partial charge in [0.25, 0.3) is 5.22 Å². The molecule has 2 aromatic rings. The van der Waals surface area contributed by atoms with Gasteiger partial charge in [-0.1, -0.05) is 41.0 Å². The van der Waals surface area contributed by atoms with Crippen molar-refractivity contribution < 1.29 is 9.21 Å². The molecule has 1 aromatic heterocycles. The monoisotopic (exact) mass is 343 g/mol. The molecule has 1 N–H and O–H groups in total. The van der Waals surface area contributed by atoms with Gasteiger partial charge in [-0.2, -0.15) is 0 Å². The number of carbonyl (C=O) groups is 1. The second kappa shape index (κ2) is 6.25. The third kappa shape index (κ3) is 3.70. The molecule has 1 aliphatic rings. The lowest BCUT2D eigenvalue weighted by Crippen LogP contribution is -2.14. The van der Waals surface area contributed by atoms with Gasteiger partial charge in [0.1, 0.15) is 0 Å². The van der Waals surface area contributed by atoms with Gasteiger partial charge in [-0.15, -0.1) is 10.2 Å². The van der Waals surface area contributed by atoms with Crippen molar-refractivity contribution in [2.45, 2.75) is 24.0 Å². The highest BCUT2D eigenvalue weighted by Gasteiger charge is 2.29. The molecule has 1 aliphatic carbocycles. The summed E-state index contributed by atoms with van der Waals surface area (Å²) >= 11 is 13.1. The Hall–Kier alpha value is -1.24. The number of rotatable bonds is 5. The zero-order valence-electron chi connectivity index (χ0n) is 10.8. The molecule has 1 heterocycles. The number of nitrogens with zero attached hydrogens (tertiary/aromatic N) is 2. The molecule has 110 valence electrons. The molecule has 0 bridgehead atoms. The second-order valence-electron chi connectivity index (χ2n) is 4.62. The first-order chi connectivity index (χ1) is 10.1. The minimum atomic E-state index is -0.213. The summed E-state index contributed by atoms with van der Waals surface area (Å²) in [6.45, 7) is 0. The Labute approximate surface area is 135 Å². The maximum absolute atomic E-state index is 11.9. The summed E-state index contributed by atoms with van der Waals surface area (Å²) in [5.74, 6) is 1.02. The summed E-state index contributed by atoms with van der Waals surface area (Å²) in [6, 6.07) is 5.07. The van der Waals surface area contributed by atoms with Crippen molar-refractivity contribution in [2.24, 2.45) is 0 Å². The van der Waals surface area contributed by atoms with E-state index in [9.17, 15) is 4.79 Å². The molecule has 0 unspecified atom stereocenters. The Bertz CT molecular complexity index is 673. The standard InChI is InChI=1S/C13H11Cl2N3O2S/c14-8-2-1-3-9(11(8)15)16-10(19)6-21-13-18-17-12(20-13)7-4-5-7/h1-3,7H,4-6H2,(H,16,19). The quantitative estimate of drug-likeness (QED) is 0.831. The van der Waals surface area contributed by atoms with Crippen LogP contribution in [0, 0.1) is 0 Å². The van der Waals surface area contributed by atoms with Crippen LogP contribution in [-0.2, 0) is 4.79 Å². The van der Waals surface area contributed by atoms with Crippen LogP contribution >= 0.6 is 35.0 Å². The van der Waals surface area contributed by atoms with Crippen LogP contribution in [0.1, 0.15) is 24.7 Å². The van der Waals surface area contributed by atoms with Crippen LogP contribution in [0.3, 0.4) is 0 Å². The predicted molar refractivity (Wildman–Crippen MR) is 82.1 cm³/mol. The number of anilines is 1. The average molecular weight is 344 g/mol. The highest BCUT2D eigenvalue weighted by Crippen LogP contribution is 2.39. The van der Waals surface area contributed by atoms with Crippen LogP contribution in [0.2, 0.25) is 10.0 Å². The maximum atomic E-state index is 11.9. The summed E-state index contributed by atoms with van der Waals surface area (Å²) < 4.78 is 5.46. The van der Waals surface area contributed by atoms with Gasteiger partial charge in [-0.25, -0.2) is 0 Å². The third-order valence-corrected chi connectivity index (χ3v) is 4.54. The van der Waals surface area contributed by atoms with Crippen molar-refractivity contribution in [1.82, 2.24) is 10.2 Å². The van der Waals surface area contributed by atoms with Crippen LogP contribution in [0.4, 0.5) is 5.69 Å². The number of carbonyl (C=O) groups excluding carboxylic acids is 1. The van der Waals surface area contributed by atoms with Crippen LogP contribution in [0.5, 0.6) is 0 Å². The van der Waals surface area contributed by atoms with E-state index >= 15 is 0 Å². The Kier molecular flexibility index (Phi) is 4.37. The summed E-state index contributed by atoms with van der Waals surface area (Å²) in [7, 11) is 0. The van der Waals surface area contributed by atoms with Gasteiger partial charge in [0.05, 0.1) is 21.5 Å². The van der Waals surface area contributed by atoms with Crippen molar-refractivity contribution in [3.63, 3.8) is 0 Å². The third-order valence-electron chi connectivity index (χ3n) is 2.90. The molecule has 0 atom stereocenters. The molecule has 0 radical (unpaired) electrons. The van der Waals surface area contributed by atoms with E-state index in [1.807, 2.05) is 0 Å². The van der Waals surface area contributed by atoms with Crippen LogP contribution < -0.4 is 5.32 Å². The van der Waals surface area contributed by atoms with Gasteiger partial charge in [0, 0.05) is 5.92 Å². The number of amides is 1. The van der Waals surface area contributed by atoms with Gasteiger partial charge in [0.15, 0.2) is 0 Å². The summed E-state index contributed by atoms with van der Waals surface area (Å²) in [4.78, 5) is 11.9. The molecule has 1 amide bonds. The second-order valence-corrected chi connectivity index (χ2v) is 6.33. The fraction of sp³-hybridized carbons (Fsp3) is 0.308. The lowest BCUT2D eigenvalue weighted by Gasteiger charge is -2.07. The molecule has 1 fully saturated rings. The Balaban J connectivity index is 1.54. The number of hydrogen-bond acceptors (Lipinski definition) is 5. The van der Waals surface area contributed by atoms with Crippen LogP contribution in [0.25, 0.3) is 0 Å². The van der Waals surface area contributed by atoms with Crippen molar-refractivity contribution in [3.8, 4) is 0 Å². The lowest BCUT2D eigenvalue weighted by molar-refractivity contribution is -0.113. The summed E-state index contributed by atoms with van der Waals surface area (Å²) in [5, 5.41) is 11.7. The Morgan fingerprint density at radius 1 is 1.38 bits per heavy atom. The van der Waals surface area contributed by atoms with Gasteiger partial charge in [0.2, 0.25) is 11.8 Å². The van der Waals surface area contributed by atoms with E-state index in [1.165, 1.54) is 11.8 Å². The molecular weight excluding hydrogens is 333 g/mol. The number of nitrogens with one attached hydrogen (secondary N) is 1. The van der Waals surface area contributed by atoms with Crippen LogP contribution in [-0.4, -0.2) is 21.9 Å². The first kappa shape index (κ1) is 14.7. The molecule has 0 spiro atoms. The SMILES string of the molecule is O=C(CSc1nnc(C2CC2)o1)Nc1cccc(Cl)c1Cl. The molecular formula is C13H11Cl2N3O2S. The zero-order valence-corrected chi connectivity index (χ0v) is 13.1. The largest absolute Gasteiger partial charge is 0.416 e. The summed E-state index contributed by atoms with van der Waals surface area (Å²) in [6.07, 6.45) is 2.19. The molecule has 1 saturated carbocycles. The van der Waals surface area contributed by atoms with E-state index in [1.54, 1.807) is 18.2 Å². The fourth-order valence-corrected chi connectivity index (χ4v) is 2.61. The topological polar surface area (TPSA) is 68.0 Å². The van der Waals surface area contributed by atoms with E-state index in [0.29, 0.717) is 32.8 Å². The smallest absolute Gasteiger partial charge is 0.277 e. The minimum absolute atomic E-state index is 0.162. The van der Waals surface area contributed by atoms with Gasteiger partial charge < -0.3 is 9.73 Å². The van der Waals surface area contributed by atoms with Crippen LogP contribution in [0.15, 0.2) is 27.8 Å². The van der Waals surface area contributed by atoms with E-state index in [2.05, 4.69) is 15.5 Å². The van der Waals surface area contributed by atoms with Gasteiger partial charge in [-0.05, 0) is 25.0 Å². The number of thioether (sulfide) groups is 1. The van der Waals surface area contributed by atoms with Crippen molar-refractivity contribution in [3.05, 3.63) is 34.1 Å².